The molecule has 0 unspecified atom stereocenters. The van der Waals surface area contributed by atoms with Gasteiger partial charge in [-0.1, -0.05) is 30.3 Å². The van der Waals surface area contributed by atoms with E-state index in [2.05, 4.69) is 0 Å². The van der Waals surface area contributed by atoms with Crippen molar-refractivity contribution in [2.75, 3.05) is 13.1 Å². The van der Waals surface area contributed by atoms with Crippen LogP contribution in [0.2, 0.25) is 0 Å². The molecule has 22 heavy (non-hydrogen) atoms. The number of hydrogen-bond acceptors (Lipinski definition) is 3. The Kier molecular flexibility index (Phi) is 4.95. The zero-order chi connectivity index (χ0) is 16.2. The van der Waals surface area contributed by atoms with E-state index in [9.17, 15) is 18.4 Å². The minimum Gasteiger partial charge on any atom is -0.446 e. The van der Waals surface area contributed by atoms with E-state index in [4.69, 9.17) is 10.5 Å². The fourth-order valence-electron chi connectivity index (χ4n) is 2.50. The average Bonchev–Trinajstić information content (AvgIpc) is 2.47. The predicted octanol–water partition coefficient (Wildman–Crippen LogP) is 1.95. The van der Waals surface area contributed by atoms with Crippen molar-refractivity contribution in [1.82, 2.24) is 4.90 Å². The lowest BCUT2D eigenvalue weighted by molar-refractivity contribution is -0.159. The molecule has 1 aliphatic rings. The van der Waals surface area contributed by atoms with Gasteiger partial charge in [-0.3, -0.25) is 4.79 Å². The molecule has 0 aliphatic carbocycles. The number of nitrogens with zero attached hydrogens (tertiary/aromatic N) is 1. The van der Waals surface area contributed by atoms with Gasteiger partial charge in [0, 0.05) is 32.4 Å². The van der Waals surface area contributed by atoms with Gasteiger partial charge in [0.1, 0.15) is 6.10 Å². The van der Waals surface area contributed by atoms with Crippen LogP contribution >= 0.6 is 0 Å². The number of amides is 2. The van der Waals surface area contributed by atoms with E-state index in [1.807, 2.05) is 0 Å². The molecule has 2 rings (SSSR count). The Bertz CT molecular complexity index is 529. The minimum absolute atomic E-state index is 0.126. The molecule has 7 heteroatoms. The summed E-state index contributed by atoms with van der Waals surface area (Å²) in [4.78, 5) is 23.8. The van der Waals surface area contributed by atoms with Crippen molar-refractivity contribution in [1.29, 1.82) is 0 Å². The van der Waals surface area contributed by atoms with Crippen LogP contribution in [0.3, 0.4) is 0 Å². The third-order valence-electron chi connectivity index (χ3n) is 3.59. The normalized spacial score (nSPS) is 16.4. The zero-order valence-electron chi connectivity index (χ0n) is 12.0. The smallest absolute Gasteiger partial charge is 0.404 e. The van der Waals surface area contributed by atoms with E-state index in [0.29, 0.717) is 18.4 Å². The van der Waals surface area contributed by atoms with Crippen molar-refractivity contribution < 1.29 is 23.1 Å². The van der Waals surface area contributed by atoms with Crippen molar-refractivity contribution in [3.05, 3.63) is 35.9 Å². The first-order chi connectivity index (χ1) is 10.4. The van der Waals surface area contributed by atoms with Crippen LogP contribution in [0.5, 0.6) is 0 Å². The molecule has 0 bridgehead atoms. The molecule has 2 amide bonds. The van der Waals surface area contributed by atoms with Gasteiger partial charge in [0.05, 0.1) is 0 Å². The molecular formula is C15H18F2N2O3. The zero-order valence-corrected chi connectivity index (χ0v) is 12.0. The topological polar surface area (TPSA) is 72.6 Å². The molecule has 1 aromatic carbocycles. The second kappa shape index (κ2) is 6.72. The number of halogens is 2. The van der Waals surface area contributed by atoms with Crippen LogP contribution in [-0.2, 0) is 16.0 Å². The van der Waals surface area contributed by atoms with Gasteiger partial charge in [-0.05, 0) is 5.56 Å². The van der Waals surface area contributed by atoms with Gasteiger partial charge in [-0.2, -0.15) is 8.78 Å². The van der Waals surface area contributed by atoms with Gasteiger partial charge in [-0.25, -0.2) is 4.79 Å². The summed E-state index contributed by atoms with van der Waals surface area (Å²) in [7, 11) is 0. The quantitative estimate of drug-likeness (QED) is 0.923. The number of ether oxygens (including phenoxy) is 1. The largest absolute Gasteiger partial charge is 0.446 e. The van der Waals surface area contributed by atoms with Gasteiger partial charge in [0.2, 0.25) is 0 Å². The van der Waals surface area contributed by atoms with Gasteiger partial charge >= 0.3 is 12.0 Å². The van der Waals surface area contributed by atoms with Crippen LogP contribution in [0.1, 0.15) is 18.4 Å². The first-order valence-corrected chi connectivity index (χ1v) is 7.06. The highest BCUT2D eigenvalue weighted by atomic mass is 19.3. The second-order valence-electron chi connectivity index (χ2n) is 5.30. The Morgan fingerprint density at radius 3 is 2.36 bits per heavy atom. The number of nitrogens with two attached hydrogens (primary N) is 1. The van der Waals surface area contributed by atoms with Crippen LogP contribution in [-0.4, -0.2) is 42.0 Å². The molecule has 0 radical (unpaired) electrons. The molecule has 0 atom stereocenters. The summed E-state index contributed by atoms with van der Waals surface area (Å²) in [5.41, 5.74) is 5.32. The number of alkyl halides is 2. The maximum absolute atomic E-state index is 14.1. The SMILES string of the molecule is NC(=O)OC1CCN(C(=O)C(F)(F)Cc2ccccc2)CC1. The molecule has 2 N–H and O–H groups in total. The van der Waals surface area contributed by atoms with Crippen molar-refractivity contribution in [3.8, 4) is 0 Å². The summed E-state index contributed by atoms with van der Waals surface area (Å²) in [6.07, 6.45) is -1.29. The van der Waals surface area contributed by atoms with E-state index in [0.717, 1.165) is 4.90 Å². The number of likely N-dealkylation sites (tertiary alicyclic amines) is 1. The summed E-state index contributed by atoms with van der Waals surface area (Å²) in [5, 5.41) is 0. The third kappa shape index (κ3) is 4.16. The number of rotatable bonds is 4. The molecule has 1 aromatic rings. The van der Waals surface area contributed by atoms with E-state index in [1.165, 1.54) is 0 Å². The second-order valence-corrected chi connectivity index (χ2v) is 5.30. The fraction of sp³-hybridized carbons (Fsp3) is 0.467. The van der Waals surface area contributed by atoms with Crippen molar-refractivity contribution in [3.63, 3.8) is 0 Å². The number of carbonyl (C=O) groups is 2. The summed E-state index contributed by atoms with van der Waals surface area (Å²) in [6.45, 7) is 0.252. The highest BCUT2D eigenvalue weighted by Crippen LogP contribution is 2.25. The van der Waals surface area contributed by atoms with Gasteiger partial charge in [0.15, 0.2) is 0 Å². The van der Waals surface area contributed by atoms with E-state index in [1.54, 1.807) is 30.3 Å². The Morgan fingerprint density at radius 2 is 1.82 bits per heavy atom. The standard InChI is InChI=1S/C15H18F2N2O3/c16-15(17,10-11-4-2-1-3-5-11)13(20)19-8-6-12(7-9-19)22-14(18)21/h1-5,12H,6-10H2,(H2,18,21). The molecule has 5 nitrogen and oxygen atoms in total. The fourth-order valence-corrected chi connectivity index (χ4v) is 2.50. The Balaban J connectivity index is 1.92. The minimum atomic E-state index is -3.45. The lowest BCUT2D eigenvalue weighted by Crippen LogP contribution is -2.49. The van der Waals surface area contributed by atoms with Crippen molar-refractivity contribution in [2.24, 2.45) is 5.73 Å². The summed E-state index contributed by atoms with van der Waals surface area (Å²) in [5.74, 6) is -4.63. The number of benzene rings is 1. The van der Waals surface area contributed by atoms with Crippen LogP contribution in [0.4, 0.5) is 13.6 Å². The Morgan fingerprint density at radius 1 is 1.23 bits per heavy atom. The van der Waals surface area contributed by atoms with Gasteiger partial charge < -0.3 is 15.4 Å². The highest BCUT2D eigenvalue weighted by molar-refractivity contribution is 5.84. The van der Waals surface area contributed by atoms with Crippen LogP contribution in [0.25, 0.3) is 0 Å². The number of piperidine rings is 1. The molecule has 1 heterocycles. The highest BCUT2D eigenvalue weighted by Gasteiger charge is 2.43. The predicted molar refractivity (Wildman–Crippen MR) is 75.4 cm³/mol. The van der Waals surface area contributed by atoms with Crippen LogP contribution in [0.15, 0.2) is 30.3 Å². The Hall–Kier alpha value is -2.18. The maximum Gasteiger partial charge on any atom is 0.404 e. The Labute approximate surface area is 127 Å². The third-order valence-corrected chi connectivity index (χ3v) is 3.59. The summed E-state index contributed by atoms with van der Waals surface area (Å²) in [6, 6.07) is 8.17. The molecule has 1 saturated heterocycles. The molecule has 0 spiro atoms. The maximum atomic E-state index is 14.1. The molecule has 0 saturated carbocycles. The van der Waals surface area contributed by atoms with E-state index < -0.39 is 30.4 Å². The van der Waals surface area contributed by atoms with E-state index >= 15 is 0 Å². The van der Waals surface area contributed by atoms with Crippen LogP contribution < -0.4 is 5.73 Å². The lowest BCUT2D eigenvalue weighted by Gasteiger charge is -2.33. The first kappa shape index (κ1) is 16.2. The summed E-state index contributed by atoms with van der Waals surface area (Å²) < 4.78 is 33.0. The number of hydrogen-bond donors (Lipinski definition) is 1. The van der Waals surface area contributed by atoms with Crippen LogP contribution in [0, 0.1) is 0 Å². The summed E-state index contributed by atoms with van der Waals surface area (Å²) >= 11 is 0. The first-order valence-electron chi connectivity index (χ1n) is 7.06. The van der Waals surface area contributed by atoms with E-state index in [-0.39, 0.29) is 13.1 Å². The van der Waals surface area contributed by atoms with Crippen molar-refractivity contribution >= 4 is 12.0 Å². The number of carbonyl (C=O) groups excluding carboxylic acids is 2. The molecular weight excluding hydrogens is 294 g/mol. The van der Waals surface area contributed by atoms with Gasteiger partial charge in [-0.15, -0.1) is 0 Å². The average molecular weight is 312 g/mol. The van der Waals surface area contributed by atoms with Crippen molar-refractivity contribution in [2.45, 2.75) is 31.3 Å². The number of primary amides is 1. The molecule has 1 aliphatic heterocycles. The lowest BCUT2D eigenvalue weighted by atomic mass is 10.0. The molecule has 0 aromatic heterocycles. The van der Waals surface area contributed by atoms with Gasteiger partial charge in [0.25, 0.3) is 5.91 Å². The molecule has 1 fully saturated rings. The monoisotopic (exact) mass is 312 g/mol. The molecule has 120 valence electrons.